The number of hydrogen-bond donors (Lipinski definition) is 1. The van der Waals surface area contributed by atoms with E-state index < -0.39 is 0 Å². The molecule has 1 atom stereocenters. The van der Waals surface area contributed by atoms with E-state index in [1.165, 1.54) is 0 Å². The molecule has 1 rings (SSSR count). The molecule has 1 N–H and O–H groups in total. The molecule has 0 radical (unpaired) electrons. The van der Waals surface area contributed by atoms with E-state index in [1.807, 2.05) is 6.92 Å². The van der Waals surface area contributed by atoms with Crippen LogP contribution in [-0.2, 0) is 9.53 Å². The van der Waals surface area contributed by atoms with Crippen molar-refractivity contribution in [2.75, 3.05) is 13.2 Å². The first-order valence-corrected chi connectivity index (χ1v) is 3.24. The number of hydrogen-bond acceptors (Lipinski definition) is 3. The van der Waals surface area contributed by atoms with Gasteiger partial charge in [-0.15, -0.1) is 0 Å². The number of carbonyl (C=O) groups is 1. The Morgan fingerprint density at radius 1 is 1.89 bits per heavy atom. The summed E-state index contributed by atoms with van der Waals surface area (Å²) >= 11 is 0. The second-order valence-electron chi connectivity index (χ2n) is 2.05. The molecule has 0 aromatic rings. The minimum absolute atomic E-state index is 0.00931. The van der Waals surface area contributed by atoms with Crippen LogP contribution in [0.15, 0.2) is 0 Å². The largest absolute Gasteiger partial charge is 0.465 e. The van der Waals surface area contributed by atoms with Gasteiger partial charge >= 0.3 is 5.97 Å². The van der Waals surface area contributed by atoms with E-state index in [9.17, 15) is 4.79 Å². The summed E-state index contributed by atoms with van der Waals surface area (Å²) in [6, 6.07) is -0.00931. The normalized spacial score (nSPS) is 24.8. The van der Waals surface area contributed by atoms with Crippen molar-refractivity contribution < 1.29 is 9.53 Å². The van der Waals surface area contributed by atoms with E-state index in [2.05, 4.69) is 5.32 Å². The second kappa shape index (κ2) is 2.82. The third-order valence-electron chi connectivity index (χ3n) is 1.39. The monoisotopic (exact) mass is 129 g/mol. The molecule has 0 saturated carbocycles. The lowest BCUT2D eigenvalue weighted by Crippen LogP contribution is -2.49. The molecule has 52 valence electrons. The third kappa shape index (κ3) is 1.42. The predicted molar refractivity (Wildman–Crippen MR) is 33.0 cm³/mol. The van der Waals surface area contributed by atoms with Crippen molar-refractivity contribution in [2.24, 2.45) is 0 Å². The maximum absolute atomic E-state index is 10.7. The van der Waals surface area contributed by atoms with Gasteiger partial charge in [0.25, 0.3) is 0 Å². The Morgan fingerprint density at radius 3 is 2.89 bits per heavy atom. The van der Waals surface area contributed by atoms with E-state index in [-0.39, 0.29) is 12.0 Å². The first kappa shape index (κ1) is 6.55. The lowest BCUT2D eigenvalue weighted by Gasteiger charge is -2.24. The van der Waals surface area contributed by atoms with Crippen molar-refractivity contribution in [1.29, 1.82) is 0 Å². The van der Waals surface area contributed by atoms with Crippen molar-refractivity contribution in [3.8, 4) is 0 Å². The summed E-state index contributed by atoms with van der Waals surface area (Å²) in [6.07, 6.45) is 0.929. The van der Waals surface area contributed by atoms with Gasteiger partial charge < -0.3 is 10.1 Å². The summed E-state index contributed by atoms with van der Waals surface area (Å²) in [5.41, 5.74) is 0. The van der Waals surface area contributed by atoms with Crippen LogP contribution in [0.4, 0.5) is 0 Å². The third-order valence-corrected chi connectivity index (χ3v) is 1.39. The van der Waals surface area contributed by atoms with Gasteiger partial charge in [0, 0.05) is 0 Å². The number of rotatable bonds is 2. The SMILES string of the molecule is CCOC(=O)[C@H]1CCN1. The molecule has 0 bridgehead atoms. The van der Waals surface area contributed by atoms with Gasteiger partial charge in [-0.2, -0.15) is 0 Å². The summed E-state index contributed by atoms with van der Waals surface area (Å²) in [7, 11) is 0. The minimum atomic E-state index is -0.108. The van der Waals surface area contributed by atoms with Gasteiger partial charge in [0.15, 0.2) is 0 Å². The summed E-state index contributed by atoms with van der Waals surface area (Å²) in [5.74, 6) is -0.108. The number of esters is 1. The fourth-order valence-electron chi connectivity index (χ4n) is 0.733. The molecule has 0 aliphatic carbocycles. The van der Waals surface area contributed by atoms with Crippen molar-refractivity contribution in [3.63, 3.8) is 0 Å². The standard InChI is InChI=1S/C6H11NO2/c1-2-9-6(8)5-3-4-7-5/h5,7H,2-4H2,1H3/t5-/m1/s1. The maximum Gasteiger partial charge on any atom is 0.323 e. The fraction of sp³-hybridized carbons (Fsp3) is 0.833. The van der Waals surface area contributed by atoms with Gasteiger partial charge in [0.1, 0.15) is 6.04 Å². The number of ether oxygens (including phenoxy) is 1. The zero-order valence-electron chi connectivity index (χ0n) is 5.52. The van der Waals surface area contributed by atoms with Gasteiger partial charge in [-0.3, -0.25) is 4.79 Å². The zero-order valence-corrected chi connectivity index (χ0v) is 5.52. The van der Waals surface area contributed by atoms with E-state index in [0.717, 1.165) is 13.0 Å². The molecule has 0 amide bonds. The van der Waals surface area contributed by atoms with Crippen LogP contribution in [0.3, 0.4) is 0 Å². The van der Waals surface area contributed by atoms with Gasteiger partial charge in [0.2, 0.25) is 0 Å². The van der Waals surface area contributed by atoms with Crippen LogP contribution in [0.2, 0.25) is 0 Å². The smallest absolute Gasteiger partial charge is 0.323 e. The van der Waals surface area contributed by atoms with Crippen LogP contribution in [-0.4, -0.2) is 25.2 Å². The highest BCUT2D eigenvalue weighted by molar-refractivity contribution is 5.76. The molecule has 3 nitrogen and oxygen atoms in total. The lowest BCUT2D eigenvalue weighted by atomic mass is 10.1. The van der Waals surface area contributed by atoms with Crippen LogP contribution in [0.5, 0.6) is 0 Å². The van der Waals surface area contributed by atoms with Crippen molar-refractivity contribution >= 4 is 5.97 Å². The first-order chi connectivity index (χ1) is 4.34. The van der Waals surface area contributed by atoms with Crippen LogP contribution in [0, 0.1) is 0 Å². The molecule has 1 aliphatic heterocycles. The van der Waals surface area contributed by atoms with Crippen LogP contribution in [0.25, 0.3) is 0 Å². The predicted octanol–water partition coefficient (Wildman–Crippen LogP) is -0.0886. The molecule has 1 saturated heterocycles. The lowest BCUT2D eigenvalue weighted by molar-refractivity contribution is -0.147. The van der Waals surface area contributed by atoms with Crippen molar-refractivity contribution in [2.45, 2.75) is 19.4 Å². The molecule has 1 fully saturated rings. The van der Waals surface area contributed by atoms with E-state index >= 15 is 0 Å². The minimum Gasteiger partial charge on any atom is -0.465 e. The molecule has 1 heterocycles. The molecule has 0 spiro atoms. The summed E-state index contributed by atoms with van der Waals surface area (Å²) in [5, 5.41) is 2.96. The first-order valence-electron chi connectivity index (χ1n) is 3.24. The second-order valence-corrected chi connectivity index (χ2v) is 2.05. The van der Waals surface area contributed by atoms with Crippen LogP contribution < -0.4 is 5.32 Å². The van der Waals surface area contributed by atoms with Gasteiger partial charge in [-0.25, -0.2) is 0 Å². The summed E-state index contributed by atoms with van der Waals surface area (Å²) in [6.45, 7) is 3.25. The molecule has 9 heavy (non-hydrogen) atoms. The molecule has 0 unspecified atom stereocenters. The molecule has 0 aromatic carbocycles. The molecule has 0 aromatic heterocycles. The fourth-order valence-corrected chi connectivity index (χ4v) is 0.733. The van der Waals surface area contributed by atoms with Gasteiger partial charge in [0.05, 0.1) is 6.61 Å². The molecular weight excluding hydrogens is 118 g/mol. The average Bonchev–Trinajstić information content (AvgIpc) is 1.60. The Kier molecular flexibility index (Phi) is 2.05. The van der Waals surface area contributed by atoms with Crippen molar-refractivity contribution in [1.82, 2.24) is 5.32 Å². The maximum atomic E-state index is 10.7. The van der Waals surface area contributed by atoms with Crippen molar-refractivity contribution in [3.05, 3.63) is 0 Å². The highest BCUT2D eigenvalue weighted by Gasteiger charge is 2.25. The summed E-state index contributed by atoms with van der Waals surface area (Å²) < 4.78 is 4.74. The Bertz CT molecular complexity index is 110. The Hall–Kier alpha value is -0.570. The van der Waals surface area contributed by atoms with Gasteiger partial charge in [-0.05, 0) is 19.9 Å². The highest BCUT2D eigenvalue weighted by atomic mass is 16.5. The van der Waals surface area contributed by atoms with E-state index in [1.54, 1.807) is 0 Å². The Labute approximate surface area is 54.4 Å². The highest BCUT2D eigenvalue weighted by Crippen LogP contribution is 2.02. The Morgan fingerprint density at radius 2 is 2.56 bits per heavy atom. The molecule has 1 aliphatic rings. The van der Waals surface area contributed by atoms with Crippen LogP contribution >= 0.6 is 0 Å². The summed E-state index contributed by atoms with van der Waals surface area (Å²) in [4.78, 5) is 10.7. The number of carbonyl (C=O) groups excluding carboxylic acids is 1. The molecule has 3 heteroatoms. The van der Waals surface area contributed by atoms with E-state index in [0.29, 0.717) is 6.61 Å². The average molecular weight is 129 g/mol. The van der Waals surface area contributed by atoms with E-state index in [4.69, 9.17) is 4.74 Å². The van der Waals surface area contributed by atoms with Crippen LogP contribution in [0.1, 0.15) is 13.3 Å². The zero-order chi connectivity index (χ0) is 6.69. The Balaban J connectivity index is 2.16. The van der Waals surface area contributed by atoms with Gasteiger partial charge in [-0.1, -0.05) is 0 Å². The topological polar surface area (TPSA) is 38.3 Å². The molecular formula is C6H11NO2. The number of nitrogens with one attached hydrogen (secondary N) is 1. The quantitative estimate of drug-likeness (QED) is 0.529.